The predicted molar refractivity (Wildman–Crippen MR) is 85.3 cm³/mol. The molecule has 0 aromatic heterocycles. The standard InChI is InChI=1S/C19H28O2/c20-19(12-14-21-15-13-19)18-10-8-17(9-11-18)7-6-16-4-2-1-3-5-16/h8-11,16,20H,1-7,12-15H2. The minimum absolute atomic E-state index is 0.667. The van der Waals surface area contributed by atoms with Gasteiger partial charge < -0.3 is 9.84 Å². The first-order chi connectivity index (χ1) is 10.3. The lowest BCUT2D eigenvalue weighted by Gasteiger charge is -2.32. The van der Waals surface area contributed by atoms with Crippen molar-refractivity contribution in [1.29, 1.82) is 0 Å². The van der Waals surface area contributed by atoms with E-state index in [1.807, 2.05) is 0 Å². The van der Waals surface area contributed by atoms with Crippen molar-refractivity contribution in [3.05, 3.63) is 35.4 Å². The van der Waals surface area contributed by atoms with E-state index < -0.39 is 5.60 Å². The Morgan fingerprint density at radius 1 is 1.00 bits per heavy atom. The zero-order chi connectivity index (χ0) is 14.5. The first kappa shape index (κ1) is 15.1. The molecule has 0 bridgehead atoms. The minimum atomic E-state index is -0.667. The number of ether oxygens (including phenoxy) is 1. The monoisotopic (exact) mass is 288 g/mol. The van der Waals surface area contributed by atoms with Crippen LogP contribution in [0.1, 0.15) is 62.5 Å². The molecule has 1 aliphatic carbocycles. The number of hydrogen-bond donors (Lipinski definition) is 1. The summed E-state index contributed by atoms with van der Waals surface area (Å²) in [7, 11) is 0. The molecule has 1 saturated heterocycles. The zero-order valence-corrected chi connectivity index (χ0v) is 13.0. The second-order valence-electron chi connectivity index (χ2n) is 6.88. The molecule has 0 amide bonds. The van der Waals surface area contributed by atoms with Crippen LogP contribution in [0.15, 0.2) is 24.3 Å². The summed E-state index contributed by atoms with van der Waals surface area (Å²) in [4.78, 5) is 0. The van der Waals surface area contributed by atoms with E-state index in [9.17, 15) is 5.11 Å². The minimum Gasteiger partial charge on any atom is -0.385 e. The molecule has 0 spiro atoms. The lowest BCUT2D eigenvalue weighted by atomic mass is 9.84. The molecule has 0 atom stereocenters. The molecule has 21 heavy (non-hydrogen) atoms. The Balaban J connectivity index is 1.56. The fourth-order valence-electron chi connectivity index (χ4n) is 3.83. The summed E-state index contributed by atoms with van der Waals surface area (Å²) in [6, 6.07) is 8.68. The number of rotatable bonds is 4. The molecular formula is C19H28O2. The van der Waals surface area contributed by atoms with Crippen LogP contribution in [0, 0.1) is 5.92 Å². The predicted octanol–water partition coefficient (Wildman–Crippen LogP) is 4.20. The highest BCUT2D eigenvalue weighted by Gasteiger charge is 2.31. The Bertz CT molecular complexity index is 425. The maximum atomic E-state index is 10.7. The van der Waals surface area contributed by atoms with Crippen molar-refractivity contribution < 1.29 is 9.84 Å². The van der Waals surface area contributed by atoms with Gasteiger partial charge in [0.15, 0.2) is 0 Å². The van der Waals surface area contributed by atoms with Crippen LogP contribution in [0.4, 0.5) is 0 Å². The number of aryl methyl sites for hydroxylation is 1. The van der Waals surface area contributed by atoms with Gasteiger partial charge in [-0.25, -0.2) is 0 Å². The van der Waals surface area contributed by atoms with E-state index in [-0.39, 0.29) is 0 Å². The van der Waals surface area contributed by atoms with Crippen molar-refractivity contribution in [2.45, 2.75) is 63.4 Å². The lowest BCUT2D eigenvalue weighted by Crippen LogP contribution is -2.33. The summed E-state index contributed by atoms with van der Waals surface area (Å²) in [5.74, 6) is 0.943. The smallest absolute Gasteiger partial charge is 0.0940 e. The van der Waals surface area contributed by atoms with Gasteiger partial charge in [-0.2, -0.15) is 0 Å². The molecule has 1 N–H and O–H groups in total. The summed E-state index contributed by atoms with van der Waals surface area (Å²) in [5, 5.41) is 10.7. The molecule has 2 aliphatic rings. The molecule has 0 radical (unpaired) electrons. The molecule has 1 saturated carbocycles. The quantitative estimate of drug-likeness (QED) is 0.900. The fourth-order valence-corrected chi connectivity index (χ4v) is 3.83. The van der Waals surface area contributed by atoms with Crippen LogP contribution in [0.2, 0.25) is 0 Å². The van der Waals surface area contributed by atoms with E-state index in [0.29, 0.717) is 26.1 Å². The van der Waals surface area contributed by atoms with Crippen molar-refractivity contribution in [1.82, 2.24) is 0 Å². The lowest BCUT2D eigenvalue weighted by molar-refractivity contribution is -0.0679. The van der Waals surface area contributed by atoms with E-state index in [0.717, 1.165) is 11.5 Å². The molecule has 1 aromatic rings. The summed E-state index contributed by atoms with van der Waals surface area (Å²) in [5.41, 5.74) is 1.81. The molecule has 116 valence electrons. The Hall–Kier alpha value is -0.860. The summed E-state index contributed by atoms with van der Waals surface area (Å²) < 4.78 is 5.36. The maximum Gasteiger partial charge on any atom is 0.0940 e. The molecule has 1 aliphatic heterocycles. The van der Waals surface area contributed by atoms with Crippen molar-refractivity contribution in [2.75, 3.05) is 13.2 Å². The Morgan fingerprint density at radius 3 is 2.33 bits per heavy atom. The summed E-state index contributed by atoms with van der Waals surface area (Å²) in [6.45, 7) is 1.33. The highest BCUT2D eigenvalue weighted by molar-refractivity contribution is 5.27. The topological polar surface area (TPSA) is 29.5 Å². The number of hydrogen-bond acceptors (Lipinski definition) is 2. The van der Waals surface area contributed by atoms with Crippen molar-refractivity contribution in [3.8, 4) is 0 Å². The van der Waals surface area contributed by atoms with Gasteiger partial charge in [-0.1, -0.05) is 56.4 Å². The van der Waals surface area contributed by atoms with Crippen LogP contribution in [0.5, 0.6) is 0 Å². The maximum absolute atomic E-state index is 10.7. The normalized spacial score (nSPS) is 23.1. The first-order valence-corrected chi connectivity index (χ1v) is 8.66. The highest BCUT2D eigenvalue weighted by Crippen LogP contribution is 2.32. The van der Waals surface area contributed by atoms with Crippen LogP contribution in [-0.4, -0.2) is 18.3 Å². The third kappa shape index (κ3) is 3.87. The molecule has 0 unspecified atom stereocenters. The van der Waals surface area contributed by atoms with Crippen molar-refractivity contribution in [3.63, 3.8) is 0 Å². The second kappa shape index (κ2) is 6.93. The van der Waals surface area contributed by atoms with Gasteiger partial charge in [0.25, 0.3) is 0 Å². The Kier molecular flexibility index (Phi) is 4.97. The van der Waals surface area contributed by atoms with Crippen LogP contribution in [0.3, 0.4) is 0 Å². The highest BCUT2D eigenvalue weighted by atomic mass is 16.5. The van der Waals surface area contributed by atoms with Crippen LogP contribution in [0.25, 0.3) is 0 Å². The largest absolute Gasteiger partial charge is 0.385 e. The Labute approximate surface area is 128 Å². The van der Waals surface area contributed by atoms with Crippen LogP contribution >= 0.6 is 0 Å². The van der Waals surface area contributed by atoms with E-state index in [1.54, 1.807) is 0 Å². The molecule has 2 heteroatoms. The van der Waals surface area contributed by atoms with Crippen LogP contribution < -0.4 is 0 Å². The Morgan fingerprint density at radius 2 is 1.67 bits per heavy atom. The molecule has 1 heterocycles. The van der Waals surface area contributed by atoms with Gasteiger partial charge in [-0.05, 0) is 29.9 Å². The first-order valence-electron chi connectivity index (χ1n) is 8.66. The summed E-state index contributed by atoms with van der Waals surface area (Å²) >= 11 is 0. The van der Waals surface area contributed by atoms with E-state index in [1.165, 1.54) is 50.5 Å². The van der Waals surface area contributed by atoms with Gasteiger partial charge in [-0.15, -0.1) is 0 Å². The number of aliphatic hydroxyl groups is 1. The third-order valence-corrected chi connectivity index (χ3v) is 5.38. The van der Waals surface area contributed by atoms with Gasteiger partial charge in [0.05, 0.1) is 5.60 Å². The SMILES string of the molecule is OC1(c2ccc(CCC3CCCCC3)cc2)CCOCC1. The zero-order valence-electron chi connectivity index (χ0n) is 13.0. The number of benzene rings is 1. The molecule has 2 nitrogen and oxygen atoms in total. The van der Waals surface area contributed by atoms with Crippen LogP contribution in [-0.2, 0) is 16.8 Å². The van der Waals surface area contributed by atoms with E-state index >= 15 is 0 Å². The van der Waals surface area contributed by atoms with Gasteiger partial charge in [-0.3, -0.25) is 0 Å². The second-order valence-corrected chi connectivity index (χ2v) is 6.88. The van der Waals surface area contributed by atoms with Gasteiger partial charge in [0.1, 0.15) is 0 Å². The van der Waals surface area contributed by atoms with Gasteiger partial charge >= 0.3 is 0 Å². The molecule has 3 rings (SSSR count). The average Bonchev–Trinajstić information content (AvgIpc) is 2.55. The molecular weight excluding hydrogens is 260 g/mol. The molecule has 2 fully saturated rings. The van der Waals surface area contributed by atoms with Crippen molar-refractivity contribution >= 4 is 0 Å². The fraction of sp³-hybridized carbons (Fsp3) is 0.684. The summed E-state index contributed by atoms with van der Waals surface area (Å²) in [6.07, 6.45) is 11.1. The third-order valence-electron chi connectivity index (χ3n) is 5.38. The van der Waals surface area contributed by atoms with E-state index in [2.05, 4.69) is 24.3 Å². The van der Waals surface area contributed by atoms with Gasteiger partial charge in [0.2, 0.25) is 0 Å². The van der Waals surface area contributed by atoms with Gasteiger partial charge in [0, 0.05) is 26.1 Å². The molecule has 1 aromatic carbocycles. The average molecular weight is 288 g/mol. The van der Waals surface area contributed by atoms with Crippen molar-refractivity contribution in [2.24, 2.45) is 5.92 Å². The van der Waals surface area contributed by atoms with E-state index in [4.69, 9.17) is 4.74 Å².